The molecule has 5 fully saturated rings. The molecule has 36 heavy (non-hydrogen) atoms. The second kappa shape index (κ2) is 7.11. The molecule has 186 valence electrons. The number of nitrogens with zero attached hydrogens (tertiary/aromatic N) is 6. The SMILES string of the molecule is O=C1O[C@]2([C@@H](O)CF)OP3(=O)OC2(O3)N1c1ccc(-c2ccc(-c3nnn(C4CC4)n3)nc2)c(F)c1. The molecule has 1 amide bonds. The Balaban J connectivity index is 1.19. The monoisotopic (exact) mass is 520 g/mol. The summed E-state index contributed by atoms with van der Waals surface area (Å²) < 4.78 is 61.1. The summed E-state index contributed by atoms with van der Waals surface area (Å²) in [6, 6.07) is 7.22. The first-order valence-electron chi connectivity index (χ1n) is 10.8. The largest absolute Gasteiger partial charge is 0.486 e. The van der Waals surface area contributed by atoms with Crippen LogP contribution in [0.5, 0.6) is 0 Å². The molecule has 1 N–H and O–H groups in total. The average Bonchev–Trinajstić information content (AvgIpc) is 3.35. The highest BCUT2D eigenvalue weighted by molar-refractivity contribution is 7.50. The number of aliphatic hydroxyl groups excluding tert-OH is 1. The fraction of sp³-hybridized carbons (Fsp3) is 0.350. The highest BCUT2D eigenvalue weighted by atomic mass is 31.2. The van der Waals surface area contributed by atoms with Crippen LogP contribution in [0.3, 0.4) is 0 Å². The van der Waals surface area contributed by atoms with Gasteiger partial charge in [0.15, 0.2) is 6.10 Å². The first-order chi connectivity index (χ1) is 17.3. The van der Waals surface area contributed by atoms with Gasteiger partial charge >= 0.3 is 25.6 Å². The molecule has 2 atom stereocenters. The van der Waals surface area contributed by atoms with Crippen molar-refractivity contribution in [3.05, 3.63) is 42.3 Å². The van der Waals surface area contributed by atoms with E-state index in [0.29, 0.717) is 22.0 Å². The Labute approximate surface area is 200 Å². The number of alkyl halides is 1. The number of amides is 1. The number of phosphoric ester groups is 1. The summed E-state index contributed by atoms with van der Waals surface area (Å²) >= 11 is 0. The fourth-order valence-electron chi connectivity index (χ4n) is 4.38. The van der Waals surface area contributed by atoms with E-state index < -0.39 is 44.2 Å². The number of carbonyl (C=O) groups excluding carboxylic acids is 1. The van der Waals surface area contributed by atoms with Crippen molar-refractivity contribution >= 4 is 19.6 Å². The third kappa shape index (κ3) is 2.82. The van der Waals surface area contributed by atoms with Crippen LogP contribution in [0.2, 0.25) is 0 Å². The smallest absolute Gasteiger partial charge is 0.404 e. The van der Waals surface area contributed by atoms with Gasteiger partial charge in [0.1, 0.15) is 18.2 Å². The van der Waals surface area contributed by atoms with Gasteiger partial charge in [-0.2, -0.15) is 4.80 Å². The van der Waals surface area contributed by atoms with E-state index in [1.165, 1.54) is 18.3 Å². The van der Waals surface area contributed by atoms with Crippen molar-refractivity contribution in [3.8, 4) is 22.6 Å². The molecule has 6 heterocycles. The number of hydrogen-bond donors (Lipinski definition) is 1. The highest BCUT2D eigenvalue weighted by Gasteiger charge is 2.91. The number of carbonyl (C=O) groups is 1. The lowest BCUT2D eigenvalue weighted by molar-refractivity contribution is -0.282. The molecular formula is C20H15F2N6O7P. The van der Waals surface area contributed by atoms with Crippen molar-refractivity contribution in [2.24, 2.45) is 0 Å². The third-order valence-corrected chi connectivity index (χ3v) is 7.71. The molecule has 0 radical (unpaired) electrons. The predicted molar refractivity (Wildman–Crippen MR) is 112 cm³/mol. The summed E-state index contributed by atoms with van der Waals surface area (Å²) in [5, 5.41) is 22.4. The lowest BCUT2D eigenvalue weighted by atomic mass is 10.0. The van der Waals surface area contributed by atoms with Gasteiger partial charge in [-0.3, -0.25) is 4.98 Å². The van der Waals surface area contributed by atoms with Gasteiger partial charge in [0.2, 0.25) is 5.82 Å². The summed E-state index contributed by atoms with van der Waals surface area (Å²) in [5.74, 6) is -5.30. The predicted octanol–water partition coefficient (Wildman–Crippen LogP) is 2.70. The quantitative estimate of drug-likeness (QED) is 0.478. The zero-order valence-electron chi connectivity index (χ0n) is 18.0. The van der Waals surface area contributed by atoms with Crippen molar-refractivity contribution in [2.45, 2.75) is 36.7 Å². The van der Waals surface area contributed by atoms with Gasteiger partial charge in [-0.25, -0.2) is 36.6 Å². The molecule has 5 aliphatic rings. The van der Waals surface area contributed by atoms with Crippen LogP contribution in [0.4, 0.5) is 19.3 Å². The van der Waals surface area contributed by atoms with Crippen molar-refractivity contribution < 1.29 is 41.6 Å². The van der Waals surface area contributed by atoms with Gasteiger partial charge in [-0.05, 0) is 42.3 Å². The number of ether oxygens (including phenoxy) is 1. The van der Waals surface area contributed by atoms with Crippen LogP contribution in [0, 0.1) is 5.82 Å². The Morgan fingerprint density at radius 1 is 1.22 bits per heavy atom. The lowest BCUT2D eigenvalue weighted by Gasteiger charge is -2.39. The number of hydrogen-bond acceptors (Lipinski definition) is 11. The van der Waals surface area contributed by atoms with Crippen LogP contribution >= 0.6 is 7.82 Å². The highest BCUT2D eigenvalue weighted by Crippen LogP contribution is 2.81. The molecule has 8 rings (SSSR count). The van der Waals surface area contributed by atoms with E-state index >= 15 is 4.39 Å². The van der Waals surface area contributed by atoms with Crippen LogP contribution in [0.15, 0.2) is 36.5 Å². The normalized spacial score (nSPS) is 31.2. The summed E-state index contributed by atoms with van der Waals surface area (Å²) in [6.07, 6.45) is 0.207. The van der Waals surface area contributed by atoms with Crippen molar-refractivity contribution in [1.29, 1.82) is 0 Å². The molecule has 1 aliphatic carbocycles. The number of benzene rings is 1. The first-order valence-corrected chi connectivity index (χ1v) is 12.3. The molecule has 2 aromatic heterocycles. The lowest BCUT2D eigenvalue weighted by Crippen LogP contribution is -2.64. The molecule has 1 saturated carbocycles. The van der Waals surface area contributed by atoms with E-state index in [2.05, 4.69) is 20.4 Å². The second-order valence-corrected chi connectivity index (χ2v) is 10.0. The van der Waals surface area contributed by atoms with E-state index in [9.17, 15) is 18.9 Å². The molecule has 4 aliphatic heterocycles. The van der Waals surface area contributed by atoms with E-state index in [0.717, 1.165) is 18.9 Å². The third-order valence-electron chi connectivity index (χ3n) is 6.28. The number of anilines is 1. The number of rotatable bonds is 6. The number of aromatic nitrogens is 5. The Morgan fingerprint density at radius 2 is 2.03 bits per heavy atom. The Kier molecular flexibility index (Phi) is 4.32. The standard InChI is InChI=1S/C20H15F2N6O7P/c21-8-16(29)19-20(34-36(31,33-19)35-20)27(18(30)32-19)12-4-5-13(14(22)7-12)10-1-6-15(23-9-10)17-24-26-28(25-17)11-2-3-11/h1,4-7,9,11,16,29H,2-3,8H2/t16-,19+,20?,36?/m0/s1. The second-order valence-electron chi connectivity index (χ2n) is 8.60. The number of phosphoric acid groups is 1. The number of pyridine rings is 1. The number of halogens is 2. The molecule has 0 unspecified atom stereocenters. The molecule has 3 aromatic rings. The van der Waals surface area contributed by atoms with Gasteiger partial charge in [-0.15, -0.1) is 10.2 Å². The molecule has 16 heteroatoms. The van der Waals surface area contributed by atoms with Gasteiger partial charge in [-0.1, -0.05) is 6.07 Å². The van der Waals surface area contributed by atoms with Gasteiger partial charge in [0.25, 0.3) is 0 Å². The minimum absolute atomic E-state index is 0.128. The van der Waals surface area contributed by atoms with Gasteiger partial charge < -0.3 is 9.84 Å². The van der Waals surface area contributed by atoms with Crippen molar-refractivity contribution in [3.63, 3.8) is 0 Å². The Hall–Kier alpha value is -3.36. The zero-order valence-corrected chi connectivity index (χ0v) is 18.9. The average molecular weight is 520 g/mol. The summed E-state index contributed by atoms with van der Waals surface area (Å²) in [4.78, 5) is 19.2. The first kappa shape index (κ1) is 21.9. The van der Waals surface area contributed by atoms with Crippen LogP contribution in [-0.2, 0) is 22.9 Å². The van der Waals surface area contributed by atoms with Crippen LogP contribution in [-0.4, -0.2) is 60.9 Å². The maximum Gasteiger partial charge on any atom is 0.486 e. The molecule has 1 spiro atoms. The zero-order chi connectivity index (χ0) is 24.9. The molecule has 1 aromatic carbocycles. The minimum Gasteiger partial charge on any atom is -0.404 e. The Bertz CT molecular complexity index is 1460. The molecule has 13 nitrogen and oxygen atoms in total. The van der Waals surface area contributed by atoms with E-state index in [-0.39, 0.29) is 17.3 Å². The maximum atomic E-state index is 15.2. The van der Waals surface area contributed by atoms with E-state index in [1.807, 2.05) is 0 Å². The van der Waals surface area contributed by atoms with Gasteiger partial charge in [0, 0.05) is 17.3 Å². The summed E-state index contributed by atoms with van der Waals surface area (Å²) in [7, 11) is -4.17. The Morgan fingerprint density at radius 3 is 2.69 bits per heavy atom. The van der Waals surface area contributed by atoms with Crippen LogP contribution < -0.4 is 4.90 Å². The van der Waals surface area contributed by atoms with Crippen molar-refractivity contribution in [1.82, 2.24) is 25.2 Å². The van der Waals surface area contributed by atoms with Crippen LogP contribution in [0.1, 0.15) is 18.9 Å². The molecule has 4 saturated heterocycles. The van der Waals surface area contributed by atoms with E-state index in [1.54, 1.807) is 16.9 Å². The minimum atomic E-state index is -4.17. The number of tetrazole rings is 1. The number of aliphatic hydroxyl groups is 1. The molecular weight excluding hydrogens is 505 g/mol. The maximum absolute atomic E-state index is 15.2. The van der Waals surface area contributed by atoms with Gasteiger partial charge in [0.05, 0.1) is 11.7 Å². The molecule has 2 bridgehead atoms. The van der Waals surface area contributed by atoms with E-state index in [4.69, 9.17) is 18.3 Å². The fourth-order valence-corrected chi connectivity index (χ4v) is 6.10. The summed E-state index contributed by atoms with van der Waals surface area (Å²) in [5.41, 5.74) is 0.911. The topological polar surface area (TPSA) is 151 Å². The van der Waals surface area contributed by atoms with Crippen LogP contribution in [0.25, 0.3) is 22.6 Å². The summed E-state index contributed by atoms with van der Waals surface area (Å²) in [6.45, 7) is -1.42. The van der Waals surface area contributed by atoms with Crippen molar-refractivity contribution in [2.75, 3.05) is 11.6 Å².